The molecule has 0 bridgehead atoms. The number of amides is 2. The maximum absolute atomic E-state index is 12.6. The fourth-order valence-corrected chi connectivity index (χ4v) is 4.47. The summed E-state index contributed by atoms with van der Waals surface area (Å²) < 4.78 is 5.17. The molecular weight excluding hydrogens is 460 g/mol. The highest BCUT2D eigenvalue weighted by atomic mass is 32.1. The summed E-state index contributed by atoms with van der Waals surface area (Å²) in [6.07, 6.45) is 1.61. The maximum Gasteiger partial charge on any atom is 0.260 e. The van der Waals surface area contributed by atoms with Gasteiger partial charge in [-0.05, 0) is 49.3 Å². The molecule has 0 radical (unpaired) electrons. The van der Waals surface area contributed by atoms with Crippen LogP contribution in [0.15, 0.2) is 70.7 Å². The molecule has 8 heteroatoms. The lowest BCUT2D eigenvalue weighted by Gasteiger charge is -2.13. The average Bonchev–Trinajstić information content (AvgIpc) is 3.46. The summed E-state index contributed by atoms with van der Waals surface area (Å²) >= 11 is 1.29. The molecule has 7 nitrogen and oxygen atoms in total. The Balaban J connectivity index is 1.34. The van der Waals surface area contributed by atoms with E-state index in [1.54, 1.807) is 18.4 Å². The molecule has 0 unspecified atom stereocenters. The van der Waals surface area contributed by atoms with Gasteiger partial charge < -0.3 is 14.6 Å². The van der Waals surface area contributed by atoms with Crippen molar-refractivity contribution in [3.8, 4) is 11.1 Å². The van der Waals surface area contributed by atoms with Gasteiger partial charge in [-0.1, -0.05) is 48.5 Å². The second-order valence-corrected chi connectivity index (χ2v) is 9.39. The zero-order valence-electron chi connectivity index (χ0n) is 20.0. The minimum absolute atomic E-state index is 0.130. The molecule has 0 aliphatic rings. The molecule has 0 fully saturated rings. The number of aromatic nitrogens is 1. The number of aryl methyl sites for hydroxylation is 1. The summed E-state index contributed by atoms with van der Waals surface area (Å²) in [5, 5.41) is 7.97. The highest BCUT2D eigenvalue weighted by molar-refractivity contribution is 7.14. The summed E-state index contributed by atoms with van der Waals surface area (Å²) in [5.74, 6) is 0.131. The van der Waals surface area contributed by atoms with Crippen molar-refractivity contribution in [3.63, 3.8) is 0 Å². The first-order chi connectivity index (χ1) is 16.9. The first kappa shape index (κ1) is 24.4. The summed E-state index contributed by atoms with van der Waals surface area (Å²) in [6.45, 7) is 3.04. The molecule has 180 valence electrons. The van der Waals surface area contributed by atoms with Crippen LogP contribution in [0.4, 0.5) is 5.13 Å². The minimum Gasteiger partial charge on any atom is -0.469 e. The van der Waals surface area contributed by atoms with Crippen molar-refractivity contribution >= 4 is 28.3 Å². The quantitative estimate of drug-likeness (QED) is 0.350. The second-order valence-electron chi connectivity index (χ2n) is 8.53. The van der Waals surface area contributed by atoms with Crippen LogP contribution in [0.1, 0.15) is 32.9 Å². The molecule has 2 N–H and O–H groups in total. The van der Waals surface area contributed by atoms with Crippen LogP contribution in [0.5, 0.6) is 0 Å². The molecule has 0 atom stereocenters. The lowest BCUT2D eigenvalue weighted by Crippen LogP contribution is -2.25. The van der Waals surface area contributed by atoms with E-state index >= 15 is 0 Å². The van der Waals surface area contributed by atoms with Crippen LogP contribution in [0.2, 0.25) is 0 Å². The molecule has 0 aliphatic carbocycles. The van der Waals surface area contributed by atoms with E-state index in [0.29, 0.717) is 28.7 Å². The minimum atomic E-state index is -0.284. The predicted molar refractivity (Wildman–Crippen MR) is 138 cm³/mol. The Morgan fingerprint density at radius 2 is 1.83 bits per heavy atom. The zero-order valence-corrected chi connectivity index (χ0v) is 20.8. The summed E-state index contributed by atoms with van der Waals surface area (Å²) in [6, 6.07) is 18.2. The van der Waals surface area contributed by atoms with Crippen LogP contribution < -0.4 is 10.6 Å². The number of hydrogen-bond donors (Lipinski definition) is 2. The molecule has 2 amide bonds. The largest absolute Gasteiger partial charge is 0.469 e. The van der Waals surface area contributed by atoms with Gasteiger partial charge in [-0.3, -0.25) is 14.9 Å². The van der Waals surface area contributed by atoms with Crippen LogP contribution >= 0.6 is 11.3 Å². The average molecular weight is 489 g/mol. The molecule has 0 saturated carbocycles. The van der Waals surface area contributed by atoms with Crippen LogP contribution in [0, 0.1) is 6.92 Å². The molecule has 2 aromatic carbocycles. The van der Waals surface area contributed by atoms with Gasteiger partial charge in [0.2, 0.25) is 5.91 Å². The Morgan fingerprint density at radius 3 is 2.54 bits per heavy atom. The number of hydrogen-bond acceptors (Lipinski definition) is 6. The number of thiazole rings is 1. The number of carbonyl (C=O) groups excluding carboxylic acids is 2. The monoisotopic (exact) mass is 488 g/mol. The number of carbonyl (C=O) groups is 2. The van der Waals surface area contributed by atoms with Crippen molar-refractivity contribution in [1.29, 1.82) is 0 Å². The molecule has 2 heterocycles. The first-order valence-corrected chi connectivity index (χ1v) is 12.2. The second kappa shape index (κ2) is 11.1. The lowest BCUT2D eigenvalue weighted by atomic mass is 9.98. The van der Waals surface area contributed by atoms with E-state index in [1.807, 2.05) is 18.2 Å². The van der Waals surface area contributed by atoms with E-state index in [1.165, 1.54) is 23.2 Å². The lowest BCUT2D eigenvalue weighted by molar-refractivity contribution is -0.120. The molecule has 0 aliphatic heterocycles. The van der Waals surface area contributed by atoms with E-state index in [0.717, 1.165) is 23.2 Å². The number of nitrogens with zero attached hydrogens (tertiary/aromatic N) is 2. The van der Waals surface area contributed by atoms with Gasteiger partial charge in [-0.15, -0.1) is 11.3 Å². The third kappa shape index (κ3) is 6.44. The van der Waals surface area contributed by atoms with Gasteiger partial charge in [0.1, 0.15) is 5.76 Å². The Bertz CT molecular complexity index is 1310. The molecule has 4 rings (SSSR count). The number of nitrogens with one attached hydrogen (secondary N) is 2. The van der Waals surface area contributed by atoms with Crippen molar-refractivity contribution in [3.05, 3.63) is 94.4 Å². The number of furan rings is 1. The Morgan fingerprint density at radius 1 is 1.06 bits per heavy atom. The molecule has 0 spiro atoms. The molecule has 2 aromatic heterocycles. The predicted octanol–water partition coefficient (Wildman–Crippen LogP) is 4.88. The number of benzene rings is 2. The SMILES string of the molecule is Cc1occc1C(=O)Nc1nc(CC(=O)NCc2ccccc2-c2ccc(CN(C)C)cc2)cs1. The summed E-state index contributed by atoms with van der Waals surface area (Å²) in [4.78, 5) is 31.4. The Hall–Kier alpha value is -3.75. The third-order valence-electron chi connectivity index (χ3n) is 5.47. The van der Waals surface area contributed by atoms with Gasteiger partial charge in [0.15, 0.2) is 5.13 Å². The Labute approximate surface area is 208 Å². The maximum atomic E-state index is 12.6. The van der Waals surface area contributed by atoms with Crippen LogP contribution in [-0.2, 0) is 24.3 Å². The van der Waals surface area contributed by atoms with Crippen LogP contribution in [0.3, 0.4) is 0 Å². The topological polar surface area (TPSA) is 87.5 Å². The molecule has 35 heavy (non-hydrogen) atoms. The van der Waals surface area contributed by atoms with Crippen molar-refractivity contribution in [1.82, 2.24) is 15.2 Å². The Kier molecular flexibility index (Phi) is 7.74. The van der Waals surface area contributed by atoms with E-state index in [4.69, 9.17) is 4.42 Å². The fraction of sp³-hybridized carbons (Fsp3) is 0.222. The third-order valence-corrected chi connectivity index (χ3v) is 6.28. The van der Waals surface area contributed by atoms with Crippen molar-refractivity contribution in [2.24, 2.45) is 0 Å². The standard InChI is InChI=1S/C27H28N4O3S/c1-18-23(12-13-34-18)26(33)30-27-29-22(17-35-27)14-25(32)28-15-21-6-4-5-7-24(21)20-10-8-19(9-11-20)16-31(2)3/h4-13,17H,14-16H2,1-3H3,(H,28,32)(H,29,30,33). The van der Waals surface area contributed by atoms with Gasteiger partial charge >= 0.3 is 0 Å². The number of rotatable bonds is 9. The van der Waals surface area contributed by atoms with E-state index < -0.39 is 0 Å². The summed E-state index contributed by atoms with van der Waals surface area (Å²) in [5.41, 5.74) is 5.58. The molecule has 4 aromatic rings. The van der Waals surface area contributed by atoms with Gasteiger partial charge in [0.25, 0.3) is 5.91 Å². The summed E-state index contributed by atoms with van der Waals surface area (Å²) in [7, 11) is 4.10. The van der Waals surface area contributed by atoms with Gasteiger partial charge in [0, 0.05) is 18.5 Å². The van der Waals surface area contributed by atoms with Gasteiger partial charge in [0.05, 0.1) is 23.9 Å². The molecule has 0 saturated heterocycles. The van der Waals surface area contributed by atoms with Crippen LogP contribution in [-0.4, -0.2) is 35.8 Å². The van der Waals surface area contributed by atoms with Gasteiger partial charge in [-0.25, -0.2) is 4.98 Å². The first-order valence-electron chi connectivity index (χ1n) is 11.3. The fourth-order valence-electron chi connectivity index (χ4n) is 3.76. The van der Waals surface area contributed by atoms with E-state index in [-0.39, 0.29) is 18.2 Å². The normalized spacial score (nSPS) is 11.0. The van der Waals surface area contributed by atoms with Crippen molar-refractivity contribution < 1.29 is 14.0 Å². The van der Waals surface area contributed by atoms with Crippen molar-refractivity contribution in [2.75, 3.05) is 19.4 Å². The van der Waals surface area contributed by atoms with E-state index in [2.05, 4.69) is 64.9 Å². The molecular formula is C27H28N4O3S. The highest BCUT2D eigenvalue weighted by Gasteiger charge is 2.15. The van der Waals surface area contributed by atoms with E-state index in [9.17, 15) is 9.59 Å². The van der Waals surface area contributed by atoms with Crippen molar-refractivity contribution in [2.45, 2.75) is 26.4 Å². The number of anilines is 1. The highest BCUT2D eigenvalue weighted by Crippen LogP contribution is 2.24. The smallest absolute Gasteiger partial charge is 0.260 e. The zero-order chi connectivity index (χ0) is 24.8. The van der Waals surface area contributed by atoms with Gasteiger partial charge in [-0.2, -0.15) is 0 Å². The van der Waals surface area contributed by atoms with Crippen LogP contribution in [0.25, 0.3) is 11.1 Å².